The largest absolute Gasteiger partial charge is 0.351 e. The predicted molar refractivity (Wildman–Crippen MR) is 77.0 cm³/mol. The minimum Gasteiger partial charge on any atom is -0.351 e. The highest BCUT2D eigenvalue weighted by molar-refractivity contribution is 9.10. The van der Waals surface area contributed by atoms with E-state index in [2.05, 4.69) is 26.1 Å². The second kappa shape index (κ2) is 5.58. The quantitative estimate of drug-likeness (QED) is 0.866. The van der Waals surface area contributed by atoms with E-state index >= 15 is 0 Å². The summed E-state index contributed by atoms with van der Waals surface area (Å²) in [6, 6.07) is 5.80. The summed E-state index contributed by atoms with van der Waals surface area (Å²) in [5, 5.41) is 10.3. The highest BCUT2D eigenvalue weighted by Crippen LogP contribution is 2.28. The normalized spacial score (nSPS) is 10.4. The predicted octanol–water partition coefficient (Wildman–Crippen LogP) is 2.99. The molecule has 2 rings (SSSR count). The van der Waals surface area contributed by atoms with Crippen molar-refractivity contribution >= 4 is 38.9 Å². The van der Waals surface area contributed by atoms with Gasteiger partial charge in [0.15, 0.2) is 5.82 Å². The van der Waals surface area contributed by atoms with Gasteiger partial charge in [0.05, 0.1) is 11.4 Å². The summed E-state index contributed by atoms with van der Waals surface area (Å²) >= 11 is 5.02. The molecule has 0 N–H and O–H groups in total. The van der Waals surface area contributed by atoms with Gasteiger partial charge in [-0.1, -0.05) is 0 Å². The number of nitrogens with zero attached hydrogens (tertiary/aromatic N) is 3. The fourth-order valence-corrected chi connectivity index (χ4v) is 2.92. The van der Waals surface area contributed by atoms with Crippen LogP contribution < -0.4 is 4.90 Å². The number of anilines is 1. The number of hydrogen-bond donors (Lipinski definition) is 0. The van der Waals surface area contributed by atoms with Crippen molar-refractivity contribution < 1.29 is 4.79 Å². The Hall–Kier alpha value is -1.27. The number of carbonyl (C=O) groups is 1. The fraction of sp³-hybridized carbons (Fsp3) is 0.250. The van der Waals surface area contributed by atoms with Crippen LogP contribution in [0.1, 0.15) is 6.92 Å². The molecule has 0 aliphatic carbocycles. The van der Waals surface area contributed by atoms with Gasteiger partial charge in [0, 0.05) is 16.9 Å². The zero-order chi connectivity index (χ0) is 13.1. The van der Waals surface area contributed by atoms with Crippen LogP contribution in [0.5, 0.6) is 0 Å². The third kappa shape index (κ3) is 3.14. The maximum atomic E-state index is 11.0. The molecule has 94 valence electrons. The maximum absolute atomic E-state index is 11.0. The molecule has 6 heteroatoms. The van der Waals surface area contributed by atoms with E-state index in [0.717, 1.165) is 15.0 Å². The Bertz CT molecular complexity index is 553. The molecule has 0 unspecified atom stereocenters. The number of ketones is 1. The number of likely N-dealkylation sites (N-methyl/N-ethyl adjacent to an activating group) is 1. The smallest absolute Gasteiger partial charge is 0.151 e. The number of halogens is 1. The number of carbonyl (C=O) groups excluding carboxylic acids is 1. The third-order valence-corrected chi connectivity index (χ3v) is 4.03. The molecular weight excluding hydrogens is 314 g/mol. The van der Waals surface area contributed by atoms with Gasteiger partial charge in [-0.15, -0.1) is 21.5 Å². The third-order valence-electron chi connectivity index (χ3n) is 2.32. The molecule has 2 aromatic rings. The topological polar surface area (TPSA) is 46.1 Å². The number of Topliss-reactive ketones (excluding diaryl/α,β-unsaturated/α-hetero) is 1. The van der Waals surface area contributed by atoms with E-state index in [-0.39, 0.29) is 5.78 Å². The van der Waals surface area contributed by atoms with Crippen molar-refractivity contribution in [2.75, 3.05) is 18.5 Å². The molecular formula is C12H12BrN3OS. The van der Waals surface area contributed by atoms with Gasteiger partial charge in [0.25, 0.3) is 0 Å². The van der Waals surface area contributed by atoms with E-state index in [0.29, 0.717) is 12.4 Å². The van der Waals surface area contributed by atoms with Gasteiger partial charge in [-0.2, -0.15) is 0 Å². The average molecular weight is 326 g/mol. The van der Waals surface area contributed by atoms with E-state index in [1.54, 1.807) is 23.2 Å². The molecule has 0 spiro atoms. The lowest BCUT2D eigenvalue weighted by Crippen LogP contribution is -2.24. The summed E-state index contributed by atoms with van der Waals surface area (Å²) in [5.74, 6) is 0.801. The van der Waals surface area contributed by atoms with E-state index in [4.69, 9.17) is 0 Å². The number of hydrogen-bond acceptors (Lipinski definition) is 5. The number of aromatic nitrogens is 2. The van der Waals surface area contributed by atoms with Crippen LogP contribution in [0.25, 0.3) is 10.6 Å². The molecule has 0 amide bonds. The summed E-state index contributed by atoms with van der Waals surface area (Å²) in [7, 11) is 1.83. The van der Waals surface area contributed by atoms with Gasteiger partial charge < -0.3 is 4.90 Å². The standard InChI is InChI=1S/C12H12BrN3OS/c1-8(17)6-16(2)12-4-3-10(14-15-12)11-5-9(13)7-18-11/h3-5,7H,6H2,1-2H3. The zero-order valence-corrected chi connectivity index (χ0v) is 12.5. The van der Waals surface area contributed by atoms with Crippen LogP contribution in [0.15, 0.2) is 28.1 Å². The summed E-state index contributed by atoms with van der Waals surface area (Å²) in [4.78, 5) is 13.9. The van der Waals surface area contributed by atoms with Gasteiger partial charge >= 0.3 is 0 Å². The Labute approximate surface area is 118 Å². The number of rotatable bonds is 4. The number of thiophene rings is 1. The van der Waals surface area contributed by atoms with Gasteiger partial charge in [0.1, 0.15) is 11.5 Å². The molecule has 0 saturated carbocycles. The summed E-state index contributed by atoms with van der Waals surface area (Å²) < 4.78 is 1.04. The summed E-state index contributed by atoms with van der Waals surface area (Å²) in [6.07, 6.45) is 0. The van der Waals surface area contributed by atoms with Crippen LogP contribution in [-0.4, -0.2) is 29.6 Å². The lowest BCUT2D eigenvalue weighted by atomic mass is 10.3. The Kier molecular flexibility index (Phi) is 4.08. The van der Waals surface area contributed by atoms with Crippen LogP contribution in [-0.2, 0) is 4.79 Å². The fourth-order valence-electron chi connectivity index (χ4n) is 1.52. The van der Waals surface area contributed by atoms with Crippen molar-refractivity contribution in [3.63, 3.8) is 0 Å². The summed E-state index contributed by atoms with van der Waals surface area (Å²) in [6.45, 7) is 1.90. The molecule has 0 bridgehead atoms. The highest BCUT2D eigenvalue weighted by atomic mass is 79.9. The van der Waals surface area contributed by atoms with E-state index in [9.17, 15) is 4.79 Å². The first-order valence-corrected chi connectivity index (χ1v) is 7.02. The molecule has 2 heterocycles. The van der Waals surface area contributed by atoms with Crippen LogP contribution in [0.4, 0.5) is 5.82 Å². The first-order valence-electron chi connectivity index (χ1n) is 5.35. The van der Waals surface area contributed by atoms with Crippen LogP contribution >= 0.6 is 27.3 Å². The Morgan fingerprint density at radius 2 is 2.22 bits per heavy atom. The molecule has 0 aliphatic rings. The van der Waals surface area contributed by atoms with Crippen molar-refractivity contribution in [1.82, 2.24) is 10.2 Å². The molecule has 0 saturated heterocycles. The van der Waals surface area contributed by atoms with Crippen LogP contribution in [0.3, 0.4) is 0 Å². The molecule has 4 nitrogen and oxygen atoms in total. The van der Waals surface area contributed by atoms with Crippen LogP contribution in [0, 0.1) is 0 Å². The molecule has 0 atom stereocenters. The molecule has 0 fully saturated rings. The van der Waals surface area contributed by atoms with E-state index < -0.39 is 0 Å². The second-order valence-corrected chi connectivity index (χ2v) is 5.79. The molecule has 2 aromatic heterocycles. The van der Waals surface area contributed by atoms with Gasteiger partial charge in [0.2, 0.25) is 0 Å². The Morgan fingerprint density at radius 1 is 1.44 bits per heavy atom. The van der Waals surface area contributed by atoms with Crippen molar-refractivity contribution in [2.24, 2.45) is 0 Å². The molecule has 18 heavy (non-hydrogen) atoms. The van der Waals surface area contributed by atoms with Crippen molar-refractivity contribution in [3.05, 3.63) is 28.1 Å². The Morgan fingerprint density at radius 3 is 2.72 bits per heavy atom. The first kappa shape index (κ1) is 13.2. The van der Waals surface area contributed by atoms with E-state index in [1.807, 2.05) is 30.6 Å². The highest BCUT2D eigenvalue weighted by Gasteiger charge is 2.08. The van der Waals surface area contributed by atoms with Crippen LogP contribution in [0.2, 0.25) is 0 Å². The van der Waals surface area contributed by atoms with Gasteiger partial charge in [-0.3, -0.25) is 4.79 Å². The minimum atomic E-state index is 0.102. The van der Waals surface area contributed by atoms with Crippen molar-refractivity contribution in [1.29, 1.82) is 0 Å². The maximum Gasteiger partial charge on any atom is 0.151 e. The molecule has 0 aromatic carbocycles. The zero-order valence-electron chi connectivity index (χ0n) is 10.1. The Balaban J connectivity index is 2.17. The van der Waals surface area contributed by atoms with Crippen molar-refractivity contribution in [2.45, 2.75) is 6.92 Å². The minimum absolute atomic E-state index is 0.102. The van der Waals surface area contributed by atoms with Gasteiger partial charge in [-0.05, 0) is 41.1 Å². The molecule has 0 radical (unpaired) electrons. The first-order chi connectivity index (χ1) is 8.56. The average Bonchev–Trinajstić information content (AvgIpc) is 2.75. The lowest BCUT2D eigenvalue weighted by molar-refractivity contribution is -0.115. The molecule has 0 aliphatic heterocycles. The SMILES string of the molecule is CC(=O)CN(C)c1ccc(-c2cc(Br)cs2)nn1. The monoisotopic (exact) mass is 325 g/mol. The summed E-state index contributed by atoms with van der Waals surface area (Å²) in [5.41, 5.74) is 0.839. The van der Waals surface area contributed by atoms with E-state index in [1.165, 1.54) is 0 Å². The van der Waals surface area contributed by atoms with Gasteiger partial charge in [-0.25, -0.2) is 0 Å². The lowest BCUT2D eigenvalue weighted by Gasteiger charge is -2.15. The van der Waals surface area contributed by atoms with Crippen molar-refractivity contribution in [3.8, 4) is 10.6 Å². The second-order valence-electron chi connectivity index (χ2n) is 3.96.